The molecule has 2 unspecified atom stereocenters. The van der Waals surface area contributed by atoms with Gasteiger partial charge in [0.05, 0.1) is 12.1 Å². The summed E-state index contributed by atoms with van der Waals surface area (Å²) in [4.78, 5) is 7.33. The van der Waals surface area contributed by atoms with Crippen molar-refractivity contribution in [3.05, 3.63) is 35.4 Å². The average Bonchev–Trinajstić information content (AvgIpc) is 3.10. The lowest BCUT2D eigenvalue weighted by molar-refractivity contribution is 0.0283. The van der Waals surface area contributed by atoms with Gasteiger partial charge in [0.2, 0.25) is 0 Å². The summed E-state index contributed by atoms with van der Waals surface area (Å²) in [5.74, 6) is 0.897. The van der Waals surface area contributed by atoms with Crippen molar-refractivity contribution in [2.24, 2.45) is 4.99 Å². The minimum Gasteiger partial charge on any atom is -0.373 e. The number of fused-ring (bicyclic) bond motifs is 1. The number of hydrogen-bond acceptors (Lipinski definition) is 3. The van der Waals surface area contributed by atoms with Crippen LogP contribution in [0.15, 0.2) is 29.3 Å². The summed E-state index contributed by atoms with van der Waals surface area (Å²) in [6, 6.07) is 9.28. The normalized spacial score (nSPS) is 24.0. The molecule has 0 radical (unpaired) electrons. The smallest absolute Gasteiger partial charge is 0.191 e. The Morgan fingerprint density at radius 3 is 2.78 bits per heavy atom. The second kappa shape index (κ2) is 10.6. The molecule has 3 rings (SSSR count). The predicted molar refractivity (Wildman–Crippen MR) is 123 cm³/mol. The quantitative estimate of drug-likeness (QED) is 0.369. The molecule has 2 N–H and O–H groups in total. The zero-order valence-electron chi connectivity index (χ0n) is 17.0. The molecule has 2 heterocycles. The third-order valence-electron chi connectivity index (χ3n) is 5.56. The summed E-state index contributed by atoms with van der Waals surface area (Å²) in [7, 11) is 0. The molecule has 2 atom stereocenters. The fraction of sp³-hybridized carbons (Fsp3) is 0.667. The van der Waals surface area contributed by atoms with E-state index >= 15 is 0 Å². The second-order valence-electron chi connectivity index (χ2n) is 7.82. The van der Waals surface area contributed by atoms with E-state index in [2.05, 4.69) is 60.6 Å². The van der Waals surface area contributed by atoms with Crippen molar-refractivity contribution in [2.45, 2.75) is 58.2 Å². The maximum Gasteiger partial charge on any atom is 0.191 e. The van der Waals surface area contributed by atoms with Crippen LogP contribution < -0.4 is 10.6 Å². The van der Waals surface area contributed by atoms with Crippen LogP contribution in [0.25, 0.3) is 0 Å². The molecule has 27 heavy (non-hydrogen) atoms. The molecule has 2 aliphatic heterocycles. The number of aliphatic imine (C=N–C) groups is 1. The molecule has 0 spiro atoms. The highest BCUT2D eigenvalue weighted by Gasteiger charge is 2.29. The first-order valence-corrected chi connectivity index (χ1v) is 10.1. The fourth-order valence-corrected chi connectivity index (χ4v) is 3.82. The Labute approximate surface area is 181 Å². The topological polar surface area (TPSA) is 48.9 Å². The lowest BCUT2D eigenvalue weighted by Gasteiger charge is -2.34. The summed E-state index contributed by atoms with van der Waals surface area (Å²) in [5.41, 5.74) is 2.88. The number of rotatable bonds is 6. The van der Waals surface area contributed by atoms with E-state index in [1.807, 2.05) is 0 Å². The number of guanidine groups is 1. The molecule has 1 aromatic carbocycles. The first-order valence-electron chi connectivity index (χ1n) is 10.1. The van der Waals surface area contributed by atoms with Crippen LogP contribution in [0.5, 0.6) is 0 Å². The van der Waals surface area contributed by atoms with Gasteiger partial charge >= 0.3 is 0 Å². The summed E-state index contributed by atoms with van der Waals surface area (Å²) in [6.45, 7) is 12.1. The Morgan fingerprint density at radius 1 is 1.30 bits per heavy atom. The molecule has 1 fully saturated rings. The molecule has 0 amide bonds. The summed E-state index contributed by atoms with van der Waals surface area (Å²) in [5, 5.41) is 6.89. The summed E-state index contributed by atoms with van der Waals surface area (Å²) in [6.07, 6.45) is 3.38. The van der Waals surface area contributed by atoms with Crippen LogP contribution >= 0.6 is 24.0 Å². The average molecular weight is 486 g/mol. The third-order valence-corrected chi connectivity index (χ3v) is 5.56. The van der Waals surface area contributed by atoms with Crippen LogP contribution in [-0.2, 0) is 17.7 Å². The van der Waals surface area contributed by atoms with E-state index in [-0.39, 0.29) is 29.6 Å². The zero-order chi connectivity index (χ0) is 18.4. The maximum absolute atomic E-state index is 5.85. The van der Waals surface area contributed by atoms with Gasteiger partial charge in [0, 0.05) is 38.8 Å². The van der Waals surface area contributed by atoms with Crippen LogP contribution in [0.4, 0.5) is 0 Å². The lowest BCUT2D eigenvalue weighted by atomic mass is 9.99. The van der Waals surface area contributed by atoms with E-state index in [4.69, 9.17) is 9.73 Å². The van der Waals surface area contributed by atoms with Crippen LogP contribution in [0.1, 0.15) is 44.7 Å². The minimum atomic E-state index is -0.0927. The summed E-state index contributed by atoms with van der Waals surface area (Å²) >= 11 is 0. The van der Waals surface area contributed by atoms with Crippen LogP contribution in [0, 0.1) is 0 Å². The number of nitrogens with zero attached hydrogens (tertiary/aromatic N) is 2. The molecular formula is C21H35IN4O. The molecule has 0 aliphatic carbocycles. The number of nitrogens with one attached hydrogen (secondary N) is 2. The van der Waals surface area contributed by atoms with Crippen molar-refractivity contribution in [3.8, 4) is 0 Å². The van der Waals surface area contributed by atoms with Crippen molar-refractivity contribution >= 4 is 29.9 Å². The maximum atomic E-state index is 5.85. The van der Waals surface area contributed by atoms with E-state index in [1.165, 1.54) is 11.1 Å². The van der Waals surface area contributed by atoms with Gasteiger partial charge in [-0.2, -0.15) is 0 Å². The monoisotopic (exact) mass is 486 g/mol. The zero-order valence-corrected chi connectivity index (χ0v) is 19.3. The minimum absolute atomic E-state index is 0. The van der Waals surface area contributed by atoms with Gasteiger partial charge in [-0.25, -0.2) is 0 Å². The Kier molecular flexibility index (Phi) is 8.82. The second-order valence-corrected chi connectivity index (χ2v) is 7.82. The molecule has 2 aliphatic rings. The lowest BCUT2D eigenvalue weighted by Crippen LogP contribution is -2.47. The Balaban J connectivity index is 0.00000261. The third kappa shape index (κ3) is 6.32. The van der Waals surface area contributed by atoms with E-state index in [1.54, 1.807) is 0 Å². The Morgan fingerprint density at radius 2 is 2.07 bits per heavy atom. The molecule has 152 valence electrons. The van der Waals surface area contributed by atoms with E-state index < -0.39 is 0 Å². The Hall–Kier alpha value is -0.860. The van der Waals surface area contributed by atoms with E-state index in [0.29, 0.717) is 12.6 Å². The molecule has 0 saturated carbocycles. The van der Waals surface area contributed by atoms with Crippen molar-refractivity contribution in [3.63, 3.8) is 0 Å². The Bertz CT molecular complexity index is 616. The molecule has 1 aromatic rings. The number of benzene rings is 1. The molecule has 0 bridgehead atoms. The number of hydrogen-bond donors (Lipinski definition) is 2. The first-order chi connectivity index (χ1) is 12.6. The van der Waals surface area contributed by atoms with Gasteiger partial charge in [0.15, 0.2) is 5.96 Å². The first kappa shape index (κ1) is 22.4. The van der Waals surface area contributed by atoms with Crippen molar-refractivity contribution < 1.29 is 4.74 Å². The van der Waals surface area contributed by atoms with Crippen LogP contribution in [0.2, 0.25) is 0 Å². The fourth-order valence-electron chi connectivity index (χ4n) is 3.82. The predicted octanol–water partition coefficient (Wildman–Crippen LogP) is 3.18. The van der Waals surface area contributed by atoms with Gasteiger partial charge in [-0.15, -0.1) is 24.0 Å². The van der Waals surface area contributed by atoms with E-state index in [9.17, 15) is 0 Å². The highest BCUT2D eigenvalue weighted by molar-refractivity contribution is 14.0. The molecule has 5 nitrogen and oxygen atoms in total. The highest BCUT2D eigenvalue weighted by atomic mass is 127. The van der Waals surface area contributed by atoms with Gasteiger partial charge in [-0.05, 0) is 51.2 Å². The van der Waals surface area contributed by atoms with Gasteiger partial charge in [0.25, 0.3) is 0 Å². The SMILES string of the molecule is CCNC(=NCC1(C)CCCO1)NCC(C)N1CCc2ccccc2C1.I. The number of halogens is 1. The molecule has 0 aromatic heterocycles. The van der Waals surface area contributed by atoms with Crippen molar-refractivity contribution in [2.75, 3.05) is 32.8 Å². The van der Waals surface area contributed by atoms with Crippen molar-refractivity contribution in [1.82, 2.24) is 15.5 Å². The van der Waals surface area contributed by atoms with Gasteiger partial charge in [0.1, 0.15) is 0 Å². The van der Waals surface area contributed by atoms with Gasteiger partial charge in [-0.3, -0.25) is 9.89 Å². The largest absolute Gasteiger partial charge is 0.373 e. The highest BCUT2D eigenvalue weighted by Crippen LogP contribution is 2.25. The van der Waals surface area contributed by atoms with Gasteiger partial charge in [-0.1, -0.05) is 24.3 Å². The number of ether oxygens (including phenoxy) is 1. The summed E-state index contributed by atoms with van der Waals surface area (Å²) < 4.78 is 5.85. The van der Waals surface area contributed by atoms with Crippen LogP contribution in [0.3, 0.4) is 0 Å². The standard InChI is InChI=1S/C21H34N4O.HI/c1-4-22-20(24-16-21(3)11-7-13-26-21)23-14-17(2)25-12-10-18-8-5-6-9-19(18)15-25;/h5-6,8-9,17H,4,7,10-16H2,1-3H3,(H2,22,23,24);1H. The van der Waals surface area contributed by atoms with Crippen molar-refractivity contribution in [1.29, 1.82) is 0 Å². The molecule has 1 saturated heterocycles. The molecular weight excluding hydrogens is 451 g/mol. The molecule has 6 heteroatoms. The van der Waals surface area contributed by atoms with Crippen LogP contribution in [-0.4, -0.2) is 55.3 Å². The van der Waals surface area contributed by atoms with Gasteiger partial charge < -0.3 is 15.4 Å². The van der Waals surface area contributed by atoms with E-state index in [0.717, 1.165) is 58.0 Å².